The molecule has 4 fully saturated rings. The first kappa shape index (κ1) is 45.6. The van der Waals surface area contributed by atoms with Crippen LogP contribution in [0.25, 0.3) is 0 Å². The van der Waals surface area contributed by atoms with Gasteiger partial charge in [-0.25, -0.2) is 9.59 Å². The third kappa shape index (κ3) is 14.0. The number of amides is 2. The number of nitrogens with two attached hydrogens (primary N) is 2. The molecule has 6 rings (SSSR count). The van der Waals surface area contributed by atoms with E-state index in [1.165, 1.54) is 33.7 Å². The summed E-state index contributed by atoms with van der Waals surface area (Å²) < 4.78 is 29.0. The fourth-order valence-electron chi connectivity index (χ4n) is 6.07. The van der Waals surface area contributed by atoms with Crippen LogP contribution in [0.5, 0.6) is 0 Å². The van der Waals surface area contributed by atoms with E-state index >= 15 is 0 Å². The Labute approximate surface area is 325 Å². The van der Waals surface area contributed by atoms with Crippen LogP contribution in [-0.4, -0.2) is 144 Å². The molecule has 21 nitrogen and oxygen atoms in total. The number of nitrogen functional groups attached to an aromatic ring is 2. The van der Waals surface area contributed by atoms with Crippen molar-refractivity contribution < 1.29 is 53.1 Å². The zero-order valence-electron chi connectivity index (χ0n) is 30.1. The molecule has 0 saturated carbocycles. The minimum atomic E-state index is -0.766. The molecule has 6 heterocycles. The van der Waals surface area contributed by atoms with Crippen LogP contribution in [0, 0.1) is 11.8 Å². The van der Waals surface area contributed by atoms with Crippen molar-refractivity contribution in [2.45, 2.75) is 71.0 Å². The lowest BCUT2D eigenvalue weighted by atomic mass is 9.92. The highest BCUT2D eigenvalue weighted by Crippen LogP contribution is 2.24. The van der Waals surface area contributed by atoms with E-state index in [0.29, 0.717) is 39.0 Å². The van der Waals surface area contributed by atoms with Crippen LogP contribution in [0.4, 0.5) is 21.2 Å². The summed E-state index contributed by atoms with van der Waals surface area (Å²) in [5, 5.41) is 17.3. The van der Waals surface area contributed by atoms with E-state index in [9.17, 15) is 28.8 Å². The van der Waals surface area contributed by atoms with Crippen LogP contribution in [0.3, 0.4) is 0 Å². The molecule has 4 saturated heterocycles. The number of aliphatic hydroxyl groups is 1. The van der Waals surface area contributed by atoms with Gasteiger partial charge in [0, 0.05) is 51.4 Å². The molecular weight excluding hydrogens is 738 g/mol. The highest BCUT2D eigenvalue weighted by molar-refractivity contribution is 6.57. The van der Waals surface area contributed by atoms with Crippen LogP contribution in [0.2, 0.25) is 0 Å². The number of aromatic nitrogens is 4. The average molecular weight is 786 g/mol. The highest BCUT2D eigenvalue weighted by Gasteiger charge is 2.31. The molecule has 0 unspecified atom stereocenters. The van der Waals surface area contributed by atoms with Gasteiger partial charge in [-0.05, 0) is 49.7 Å². The Bertz CT molecular complexity index is 1730. The number of piperidine rings is 2. The minimum Gasteiger partial charge on any atom is -0.481 e. The number of carbonyl (C=O) groups is 4. The number of aliphatic carboxylic acids is 1. The standard InChI is InChI=1S/C16H21BN4O6.C8H12BNO3.C8H11N3O4.CH4/c17-15(23)20-4-1-10(2-5-20)7-13(22)25-9-14-26-8-12(27-14)21-6-3-11(18)19-16(21)24;9-8(13)10-3-1-6(2-4-10)5-7(11)12;9-5-1-2-11(8(13)10-5)6-4-14-7(3-12)15-6;/h3,6,10,12,14H,1-2,4-5,7-9H2,(H2,18,19,24);6H,1-5H2,(H,11,12);1-2,6-7,12H,3-4H2,(H2,9,10,13);1H4/t12-,14-;;6-,7-;/m0.0./s1. The zero-order chi connectivity index (χ0) is 40.1. The summed E-state index contributed by atoms with van der Waals surface area (Å²) in [6.45, 7) is 2.32. The van der Waals surface area contributed by atoms with E-state index in [1.807, 2.05) is 0 Å². The molecular formula is C33H48B2N8O13. The van der Waals surface area contributed by atoms with Crippen LogP contribution in [-0.2, 0) is 33.3 Å². The number of aliphatic hydroxyl groups excluding tert-OH is 1. The molecule has 0 spiro atoms. The van der Waals surface area contributed by atoms with Gasteiger partial charge in [-0.15, -0.1) is 0 Å². The number of ether oxygens (including phenoxy) is 5. The van der Waals surface area contributed by atoms with E-state index < -0.39 is 54.0 Å². The number of carbonyl (C=O) groups excluding carboxylic acids is 3. The van der Waals surface area contributed by atoms with E-state index in [4.69, 9.17) is 61.1 Å². The Kier molecular flexibility index (Phi) is 17.9. The molecule has 0 aliphatic carbocycles. The van der Waals surface area contributed by atoms with Crippen molar-refractivity contribution >= 4 is 50.9 Å². The van der Waals surface area contributed by atoms with E-state index in [1.54, 1.807) is 9.80 Å². The second kappa shape index (κ2) is 22.0. The number of likely N-dealkylation sites (tertiary alicyclic amines) is 2. The smallest absolute Gasteiger partial charge is 0.351 e. The summed E-state index contributed by atoms with van der Waals surface area (Å²) in [7, 11) is 10.3. The molecule has 2 aromatic heterocycles. The normalized spacial score (nSPS) is 22.4. The Morgan fingerprint density at radius 3 is 1.59 bits per heavy atom. The van der Waals surface area contributed by atoms with Gasteiger partial charge in [-0.2, -0.15) is 9.97 Å². The van der Waals surface area contributed by atoms with Gasteiger partial charge in [0.25, 0.3) is 0 Å². The fourth-order valence-corrected chi connectivity index (χ4v) is 6.07. The van der Waals surface area contributed by atoms with Gasteiger partial charge in [0.05, 0.1) is 19.8 Å². The predicted molar refractivity (Wildman–Crippen MR) is 198 cm³/mol. The minimum absolute atomic E-state index is 0. The first-order valence-electron chi connectivity index (χ1n) is 17.5. The zero-order valence-corrected chi connectivity index (χ0v) is 30.1. The molecule has 0 bridgehead atoms. The maximum atomic E-state index is 12.0. The first-order valence-corrected chi connectivity index (χ1v) is 17.5. The Morgan fingerprint density at radius 1 is 0.768 bits per heavy atom. The van der Waals surface area contributed by atoms with E-state index in [0.717, 1.165) is 12.8 Å². The van der Waals surface area contributed by atoms with Crippen molar-refractivity contribution in [3.05, 3.63) is 45.5 Å². The second-order valence-electron chi connectivity index (χ2n) is 13.0. The maximum absolute atomic E-state index is 12.0. The van der Waals surface area contributed by atoms with Crippen LogP contribution < -0.4 is 22.8 Å². The number of hydrogen-bond acceptors (Lipinski definition) is 16. The molecule has 2 amide bonds. The van der Waals surface area contributed by atoms with Crippen molar-refractivity contribution in [2.24, 2.45) is 11.8 Å². The number of hydrogen-bond donors (Lipinski definition) is 4. The Hall–Kier alpha value is -4.83. The molecule has 4 atom stereocenters. The average Bonchev–Trinajstić information content (AvgIpc) is 3.82. The largest absolute Gasteiger partial charge is 0.481 e. The first-order chi connectivity index (χ1) is 26.2. The van der Waals surface area contributed by atoms with Crippen molar-refractivity contribution in [3.63, 3.8) is 0 Å². The molecule has 2 aromatic rings. The molecule has 4 radical (unpaired) electrons. The topological polar surface area (TPSA) is 283 Å². The quantitative estimate of drug-likeness (QED) is 0.183. The number of anilines is 2. The van der Waals surface area contributed by atoms with Gasteiger partial charge >= 0.3 is 23.3 Å². The second-order valence-corrected chi connectivity index (χ2v) is 13.0. The Morgan fingerprint density at radius 2 is 1.20 bits per heavy atom. The lowest BCUT2D eigenvalue weighted by Gasteiger charge is -2.31. The molecule has 4 aliphatic rings. The summed E-state index contributed by atoms with van der Waals surface area (Å²) in [5.74, 6) is -1.31. The monoisotopic (exact) mass is 786 g/mol. The van der Waals surface area contributed by atoms with Crippen molar-refractivity contribution in [1.29, 1.82) is 0 Å². The van der Waals surface area contributed by atoms with Crippen LogP contribution >= 0.6 is 0 Å². The third-order valence-electron chi connectivity index (χ3n) is 9.09. The van der Waals surface area contributed by atoms with Gasteiger partial charge < -0.3 is 55.2 Å². The summed E-state index contributed by atoms with van der Waals surface area (Å²) in [6, 6.07) is 2.98. The summed E-state index contributed by atoms with van der Waals surface area (Å²) in [4.78, 5) is 77.7. The highest BCUT2D eigenvalue weighted by atomic mass is 16.7. The molecule has 0 aromatic carbocycles. The summed E-state index contributed by atoms with van der Waals surface area (Å²) in [6.07, 6.45) is 3.72. The third-order valence-corrected chi connectivity index (χ3v) is 9.09. The van der Waals surface area contributed by atoms with Gasteiger partial charge in [0.2, 0.25) is 15.7 Å². The predicted octanol–water partition coefficient (Wildman–Crippen LogP) is -0.582. The number of carboxylic acid groups (broad SMARTS) is 1. The van der Waals surface area contributed by atoms with Crippen molar-refractivity contribution in [2.75, 3.05) is 64.1 Å². The van der Waals surface area contributed by atoms with E-state index in [-0.39, 0.29) is 76.1 Å². The molecule has 6 N–H and O–H groups in total. The fraction of sp³-hybridized carbons (Fsp3) is 0.636. The maximum Gasteiger partial charge on any atom is 0.351 e. The number of rotatable bonds is 9. The lowest BCUT2D eigenvalue weighted by Crippen LogP contribution is -2.38. The van der Waals surface area contributed by atoms with E-state index in [2.05, 4.69) is 9.97 Å². The Balaban J connectivity index is 0.000000245. The van der Waals surface area contributed by atoms with Gasteiger partial charge in [-0.1, -0.05) is 7.43 Å². The van der Waals surface area contributed by atoms with Crippen molar-refractivity contribution in [3.8, 4) is 0 Å². The van der Waals surface area contributed by atoms with Crippen molar-refractivity contribution in [1.82, 2.24) is 28.9 Å². The SMILES string of the molecule is C.Nc1ccn([C@@H]2CO[C@H](CO)O2)c(=O)n1.[B]C(=O)N1CCC(CC(=O)O)CC1.[B]C(=O)N1CCC(CC(=O)OC[C@H]2OC[C@@H](n3ccc(N)nc3=O)O2)CC1. The molecule has 304 valence electrons. The van der Waals surface area contributed by atoms with Crippen LogP contribution in [0.1, 0.15) is 58.4 Å². The van der Waals surface area contributed by atoms with Gasteiger partial charge in [0.15, 0.2) is 36.6 Å². The number of carboxylic acids is 1. The number of esters is 1. The van der Waals surface area contributed by atoms with Crippen LogP contribution in [0.15, 0.2) is 34.1 Å². The molecule has 23 heteroatoms. The summed E-state index contributed by atoms with van der Waals surface area (Å²) in [5.41, 5.74) is 9.76. The summed E-state index contributed by atoms with van der Waals surface area (Å²) >= 11 is 0. The van der Waals surface area contributed by atoms with Gasteiger partial charge in [0.1, 0.15) is 18.2 Å². The molecule has 4 aliphatic heterocycles. The van der Waals surface area contributed by atoms with Gasteiger partial charge in [-0.3, -0.25) is 28.3 Å². The lowest BCUT2D eigenvalue weighted by molar-refractivity contribution is -0.160. The molecule has 56 heavy (non-hydrogen) atoms. The number of nitrogens with zero attached hydrogens (tertiary/aromatic N) is 6.